The average Bonchev–Trinajstić information content (AvgIpc) is 2.44. The maximum Gasteiger partial charge on any atom is 0.246 e. The van der Waals surface area contributed by atoms with Crippen LogP contribution < -0.4 is 0 Å². The van der Waals surface area contributed by atoms with E-state index in [-0.39, 0.29) is 5.91 Å². The number of amides is 1. The molecule has 1 saturated heterocycles. The summed E-state index contributed by atoms with van der Waals surface area (Å²) in [5.74, 6) is 0.0530. The predicted molar refractivity (Wildman–Crippen MR) is 76.8 cm³/mol. The Morgan fingerprint density at radius 1 is 1.26 bits per heavy atom. The zero-order chi connectivity index (χ0) is 13.5. The molecule has 3 nitrogen and oxygen atoms in total. The number of rotatable bonds is 3. The normalized spacial score (nSPS) is 16.4. The number of ether oxygens (including phenoxy) is 1. The fraction of sp³-hybridized carbons (Fsp3) is 0.312. The van der Waals surface area contributed by atoms with Crippen LogP contribution in [0.25, 0.3) is 6.08 Å². The van der Waals surface area contributed by atoms with Crippen LogP contribution >= 0.6 is 0 Å². The summed E-state index contributed by atoms with van der Waals surface area (Å²) in [4.78, 5) is 13.6. The summed E-state index contributed by atoms with van der Waals surface area (Å²) < 4.78 is 5.21. The maximum absolute atomic E-state index is 11.8. The molecule has 1 heterocycles. The Hall–Kier alpha value is -1.87. The molecule has 2 rings (SSSR count). The summed E-state index contributed by atoms with van der Waals surface area (Å²) >= 11 is 0. The standard InChI is InChI=1S/C16H19NO2/c1-14-5-4-7-15(13-14)6-2-3-8-16(18)17-9-11-19-12-10-17/h2-8,13H,9-12H2,1H3/b6-2+,8-3+. The van der Waals surface area contributed by atoms with Gasteiger partial charge in [0.05, 0.1) is 13.2 Å². The average molecular weight is 257 g/mol. The van der Waals surface area contributed by atoms with Gasteiger partial charge in [-0.25, -0.2) is 0 Å². The van der Waals surface area contributed by atoms with Crippen LogP contribution in [-0.2, 0) is 9.53 Å². The molecule has 0 N–H and O–H groups in total. The summed E-state index contributed by atoms with van der Waals surface area (Å²) in [5, 5.41) is 0. The van der Waals surface area contributed by atoms with E-state index >= 15 is 0 Å². The number of carbonyl (C=O) groups excluding carboxylic acids is 1. The third kappa shape index (κ3) is 4.38. The molecule has 1 amide bonds. The van der Waals surface area contributed by atoms with E-state index in [2.05, 4.69) is 19.1 Å². The zero-order valence-electron chi connectivity index (χ0n) is 11.2. The highest BCUT2D eigenvalue weighted by Crippen LogP contribution is 2.06. The molecular formula is C16H19NO2. The largest absolute Gasteiger partial charge is 0.378 e. The van der Waals surface area contributed by atoms with Gasteiger partial charge < -0.3 is 9.64 Å². The molecule has 0 spiro atoms. The van der Waals surface area contributed by atoms with Gasteiger partial charge in [0.1, 0.15) is 0 Å². The van der Waals surface area contributed by atoms with Gasteiger partial charge in [0, 0.05) is 19.2 Å². The Morgan fingerprint density at radius 2 is 2.05 bits per heavy atom. The molecule has 100 valence electrons. The summed E-state index contributed by atoms with van der Waals surface area (Å²) in [5.41, 5.74) is 2.37. The minimum Gasteiger partial charge on any atom is -0.378 e. The van der Waals surface area contributed by atoms with E-state index in [0.717, 1.165) is 5.56 Å². The van der Waals surface area contributed by atoms with E-state index < -0.39 is 0 Å². The molecule has 0 atom stereocenters. The fourth-order valence-electron chi connectivity index (χ4n) is 1.97. The first-order chi connectivity index (χ1) is 9.25. The minimum atomic E-state index is 0.0530. The van der Waals surface area contributed by atoms with Crippen LogP contribution in [0, 0.1) is 6.92 Å². The number of hydrogen-bond acceptors (Lipinski definition) is 2. The van der Waals surface area contributed by atoms with Gasteiger partial charge in [-0.3, -0.25) is 4.79 Å². The summed E-state index contributed by atoms with van der Waals surface area (Å²) in [6.07, 6.45) is 7.29. The van der Waals surface area contributed by atoms with Crippen LogP contribution in [0.15, 0.2) is 42.5 Å². The Kier molecular flexibility index (Phi) is 4.93. The van der Waals surface area contributed by atoms with Gasteiger partial charge >= 0.3 is 0 Å². The highest BCUT2D eigenvalue weighted by Gasteiger charge is 2.13. The lowest BCUT2D eigenvalue weighted by Crippen LogP contribution is -2.39. The summed E-state index contributed by atoms with van der Waals surface area (Å²) in [6, 6.07) is 8.24. The van der Waals surface area contributed by atoms with E-state index in [0.29, 0.717) is 26.3 Å². The van der Waals surface area contributed by atoms with Crippen molar-refractivity contribution in [2.24, 2.45) is 0 Å². The molecule has 0 saturated carbocycles. The molecular weight excluding hydrogens is 238 g/mol. The molecule has 0 aliphatic carbocycles. The van der Waals surface area contributed by atoms with Crippen LogP contribution in [0.3, 0.4) is 0 Å². The van der Waals surface area contributed by atoms with E-state index in [1.807, 2.05) is 24.3 Å². The zero-order valence-corrected chi connectivity index (χ0v) is 11.2. The van der Waals surface area contributed by atoms with E-state index in [9.17, 15) is 4.79 Å². The monoisotopic (exact) mass is 257 g/mol. The quantitative estimate of drug-likeness (QED) is 0.615. The van der Waals surface area contributed by atoms with Crippen molar-refractivity contribution in [3.05, 3.63) is 53.6 Å². The van der Waals surface area contributed by atoms with Crippen LogP contribution in [0.4, 0.5) is 0 Å². The Balaban J connectivity index is 1.87. The molecule has 1 aliphatic rings. The van der Waals surface area contributed by atoms with Crippen molar-refractivity contribution >= 4 is 12.0 Å². The fourth-order valence-corrected chi connectivity index (χ4v) is 1.97. The second-order valence-electron chi connectivity index (χ2n) is 4.57. The molecule has 1 aromatic carbocycles. The topological polar surface area (TPSA) is 29.5 Å². The van der Waals surface area contributed by atoms with E-state index in [1.165, 1.54) is 5.56 Å². The van der Waals surface area contributed by atoms with Crippen LogP contribution in [-0.4, -0.2) is 37.1 Å². The molecule has 0 bridgehead atoms. The first-order valence-electron chi connectivity index (χ1n) is 6.54. The van der Waals surface area contributed by atoms with Crippen molar-refractivity contribution in [3.63, 3.8) is 0 Å². The number of carbonyl (C=O) groups is 1. The Morgan fingerprint density at radius 3 is 2.79 bits per heavy atom. The van der Waals surface area contributed by atoms with Crippen molar-refractivity contribution in [2.75, 3.05) is 26.3 Å². The molecule has 1 fully saturated rings. The number of morpholine rings is 1. The lowest BCUT2D eigenvalue weighted by atomic mass is 10.1. The smallest absolute Gasteiger partial charge is 0.246 e. The van der Waals surface area contributed by atoms with Gasteiger partial charge in [0.25, 0.3) is 0 Å². The molecule has 1 aliphatic heterocycles. The van der Waals surface area contributed by atoms with Gasteiger partial charge in [0.15, 0.2) is 0 Å². The van der Waals surface area contributed by atoms with Crippen molar-refractivity contribution in [1.82, 2.24) is 4.90 Å². The molecule has 3 heteroatoms. The third-order valence-electron chi connectivity index (χ3n) is 3.00. The van der Waals surface area contributed by atoms with E-state index in [4.69, 9.17) is 4.74 Å². The third-order valence-corrected chi connectivity index (χ3v) is 3.00. The Labute approximate surface area is 114 Å². The second kappa shape index (κ2) is 6.90. The Bertz CT molecular complexity index is 485. The highest BCUT2D eigenvalue weighted by molar-refractivity contribution is 5.88. The number of allylic oxidation sites excluding steroid dienone is 2. The number of hydrogen-bond donors (Lipinski definition) is 0. The van der Waals surface area contributed by atoms with Gasteiger partial charge in [-0.05, 0) is 12.5 Å². The maximum atomic E-state index is 11.8. The second-order valence-corrected chi connectivity index (χ2v) is 4.57. The lowest BCUT2D eigenvalue weighted by molar-refractivity contribution is -0.129. The first kappa shape index (κ1) is 13.6. The van der Waals surface area contributed by atoms with Gasteiger partial charge in [-0.15, -0.1) is 0 Å². The summed E-state index contributed by atoms with van der Waals surface area (Å²) in [7, 11) is 0. The molecule has 1 aromatic rings. The molecule has 19 heavy (non-hydrogen) atoms. The van der Waals surface area contributed by atoms with Crippen molar-refractivity contribution in [1.29, 1.82) is 0 Å². The number of benzene rings is 1. The van der Waals surface area contributed by atoms with Crippen LogP contribution in [0.2, 0.25) is 0 Å². The SMILES string of the molecule is Cc1cccc(/C=C/C=C/C(=O)N2CCOCC2)c1. The summed E-state index contributed by atoms with van der Waals surface area (Å²) in [6.45, 7) is 4.71. The van der Waals surface area contributed by atoms with Gasteiger partial charge in [0.2, 0.25) is 5.91 Å². The number of aryl methyl sites for hydroxylation is 1. The van der Waals surface area contributed by atoms with Gasteiger partial charge in [-0.2, -0.15) is 0 Å². The first-order valence-corrected chi connectivity index (χ1v) is 6.54. The van der Waals surface area contributed by atoms with Gasteiger partial charge in [-0.1, -0.05) is 48.1 Å². The van der Waals surface area contributed by atoms with Crippen molar-refractivity contribution in [2.45, 2.75) is 6.92 Å². The molecule has 0 aromatic heterocycles. The predicted octanol–water partition coefficient (Wildman–Crippen LogP) is 2.42. The van der Waals surface area contributed by atoms with Crippen molar-refractivity contribution in [3.8, 4) is 0 Å². The lowest BCUT2D eigenvalue weighted by Gasteiger charge is -2.25. The van der Waals surface area contributed by atoms with Crippen molar-refractivity contribution < 1.29 is 9.53 Å². The molecule has 0 radical (unpaired) electrons. The van der Waals surface area contributed by atoms with Crippen LogP contribution in [0.5, 0.6) is 0 Å². The van der Waals surface area contributed by atoms with Crippen LogP contribution in [0.1, 0.15) is 11.1 Å². The van der Waals surface area contributed by atoms with E-state index in [1.54, 1.807) is 17.1 Å². The number of nitrogens with zero attached hydrogens (tertiary/aromatic N) is 1. The minimum absolute atomic E-state index is 0.0530. The molecule has 0 unspecified atom stereocenters. The highest BCUT2D eigenvalue weighted by atomic mass is 16.5.